The van der Waals surface area contributed by atoms with Crippen molar-refractivity contribution in [3.05, 3.63) is 0 Å². The summed E-state index contributed by atoms with van der Waals surface area (Å²) in [6, 6.07) is 0. The Morgan fingerprint density at radius 2 is 0.571 bits per heavy atom. The van der Waals surface area contributed by atoms with Gasteiger partial charge in [0.1, 0.15) is 12.2 Å². The number of ether oxygens (including phenoxy) is 4. The van der Waals surface area contributed by atoms with Crippen LogP contribution in [0, 0.1) is 0 Å². The van der Waals surface area contributed by atoms with Gasteiger partial charge in [0.2, 0.25) is 0 Å². The highest BCUT2D eigenvalue weighted by atomic mass is 16.6. The normalized spacial score (nSPS) is 17.3. The first-order chi connectivity index (χ1) is 20.9. The van der Waals surface area contributed by atoms with Gasteiger partial charge in [0.05, 0.1) is 26.4 Å². The molecular weight excluding hydrogens is 520 g/mol. The first kappa shape index (κ1) is 39.9. The maximum atomic E-state index is 5.54. The lowest BCUT2D eigenvalue weighted by atomic mass is 10.0. The molecule has 4 heteroatoms. The van der Waals surface area contributed by atoms with Crippen molar-refractivity contribution in [1.29, 1.82) is 0 Å². The van der Waals surface area contributed by atoms with E-state index < -0.39 is 0 Å². The highest BCUT2D eigenvalue weighted by Crippen LogP contribution is 2.15. The van der Waals surface area contributed by atoms with Gasteiger partial charge in [0, 0.05) is 13.2 Å². The molecule has 2 atom stereocenters. The van der Waals surface area contributed by atoms with Crippen LogP contribution in [0.3, 0.4) is 0 Å². The van der Waals surface area contributed by atoms with E-state index in [4.69, 9.17) is 18.9 Å². The second kappa shape index (κ2) is 33.7. The molecule has 0 spiro atoms. The van der Waals surface area contributed by atoms with Gasteiger partial charge in [-0.2, -0.15) is 0 Å². The molecule has 0 amide bonds. The molecule has 252 valence electrons. The molecule has 2 unspecified atom stereocenters. The van der Waals surface area contributed by atoms with E-state index in [0.717, 1.165) is 39.6 Å². The van der Waals surface area contributed by atoms with Crippen molar-refractivity contribution in [3.63, 3.8) is 0 Å². The number of unbranched alkanes of at least 4 members (excludes halogenated alkanes) is 26. The lowest BCUT2D eigenvalue weighted by Gasteiger charge is -2.04. The summed E-state index contributed by atoms with van der Waals surface area (Å²) in [7, 11) is 0. The Hall–Kier alpha value is -0.160. The second-order valence-corrected chi connectivity index (χ2v) is 13.3. The van der Waals surface area contributed by atoms with Crippen LogP contribution >= 0.6 is 0 Å². The van der Waals surface area contributed by atoms with E-state index in [1.807, 2.05) is 0 Å². The molecule has 2 heterocycles. The van der Waals surface area contributed by atoms with Crippen molar-refractivity contribution in [2.45, 2.75) is 206 Å². The average molecular weight is 597 g/mol. The molecule has 0 bridgehead atoms. The number of hydrogen-bond donors (Lipinski definition) is 0. The van der Waals surface area contributed by atoms with Crippen molar-refractivity contribution < 1.29 is 18.9 Å². The Morgan fingerprint density at radius 3 is 0.786 bits per heavy atom. The molecule has 0 saturated carbocycles. The van der Waals surface area contributed by atoms with E-state index in [-0.39, 0.29) is 0 Å². The van der Waals surface area contributed by atoms with Gasteiger partial charge in [-0.1, -0.05) is 181 Å². The van der Waals surface area contributed by atoms with Gasteiger partial charge >= 0.3 is 0 Å². The van der Waals surface area contributed by atoms with Gasteiger partial charge in [-0.15, -0.1) is 0 Å². The summed E-state index contributed by atoms with van der Waals surface area (Å²) in [5.41, 5.74) is 0. The molecule has 0 aromatic carbocycles. The van der Waals surface area contributed by atoms with Crippen LogP contribution in [0.2, 0.25) is 0 Å². The minimum atomic E-state index is 0.427. The van der Waals surface area contributed by atoms with E-state index >= 15 is 0 Å². The van der Waals surface area contributed by atoms with Crippen molar-refractivity contribution in [3.8, 4) is 0 Å². The van der Waals surface area contributed by atoms with E-state index in [9.17, 15) is 0 Å². The van der Waals surface area contributed by atoms with E-state index in [2.05, 4.69) is 13.8 Å². The second-order valence-electron chi connectivity index (χ2n) is 13.3. The van der Waals surface area contributed by atoms with Gasteiger partial charge in [0.25, 0.3) is 0 Å². The van der Waals surface area contributed by atoms with Crippen molar-refractivity contribution in [2.24, 2.45) is 0 Å². The third-order valence-electron chi connectivity index (χ3n) is 8.70. The molecular formula is C38H76O4. The molecule has 0 aromatic rings. The zero-order chi connectivity index (χ0) is 30.0. The third-order valence-corrected chi connectivity index (χ3v) is 8.70. The highest BCUT2D eigenvalue weighted by Gasteiger charge is 2.22. The number of hydrogen-bond acceptors (Lipinski definition) is 4. The van der Waals surface area contributed by atoms with Crippen LogP contribution in [0.15, 0.2) is 0 Å². The summed E-state index contributed by atoms with van der Waals surface area (Å²) in [5.74, 6) is 0. The van der Waals surface area contributed by atoms with Crippen LogP contribution in [-0.4, -0.2) is 51.8 Å². The van der Waals surface area contributed by atoms with Crippen LogP contribution in [0.5, 0.6) is 0 Å². The number of epoxide rings is 2. The predicted molar refractivity (Wildman–Crippen MR) is 182 cm³/mol. The fourth-order valence-electron chi connectivity index (χ4n) is 5.56. The lowest BCUT2D eigenvalue weighted by Crippen LogP contribution is -2.02. The van der Waals surface area contributed by atoms with Crippen molar-refractivity contribution in [2.75, 3.05) is 39.6 Å². The van der Waals surface area contributed by atoms with E-state index in [0.29, 0.717) is 12.2 Å². The maximum absolute atomic E-state index is 5.54. The van der Waals surface area contributed by atoms with Crippen LogP contribution < -0.4 is 0 Å². The monoisotopic (exact) mass is 597 g/mol. The first-order valence-electron chi connectivity index (χ1n) is 19.3. The Morgan fingerprint density at radius 1 is 0.357 bits per heavy atom. The molecule has 42 heavy (non-hydrogen) atoms. The summed E-state index contributed by atoms with van der Waals surface area (Å²) >= 11 is 0. The van der Waals surface area contributed by atoms with E-state index in [1.165, 1.54) is 180 Å². The lowest BCUT2D eigenvalue weighted by molar-refractivity contribution is 0.113. The van der Waals surface area contributed by atoms with Crippen molar-refractivity contribution in [1.82, 2.24) is 0 Å². The quantitative estimate of drug-likeness (QED) is 0.0547. The third kappa shape index (κ3) is 34.3. The topological polar surface area (TPSA) is 43.5 Å². The van der Waals surface area contributed by atoms with Crippen LogP contribution in [0.4, 0.5) is 0 Å². The Bertz CT molecular complexity index is 447. The van der Waals surface area contributed by atoms with Gasteiger partial charge < -0.3 is 18.9 Å². The largest absolute Gasteiger partial charge is 0.379 e. The standard InChI is InChI=1S/2C19H38O2/c2*1-2-3-4-5-6-7-8-9-10-11-12-13-14-15-16-20-17-19-18-21-19/h2*19H,2-18H2,1H3. The molecule has 0 radical (unpaired) electrons. The predicted octanol–water partition coefficient (Wildman–Crippen LogP) is 11.8. The van der Waals surface area contributed by atoms with Gasteiger partial charge in [-0.05, 0) is 12.8 Å². The van der Waals surface area contributed by atoms with Crippen LogP contribution in [-0.2, 0) is 18.9 Å². The molecule has 0 aromatic heterocycles. The Labute approximate surface area is 264 Å². The van der Waals surface area contributed by atoms with Gasteiger partial charge in [-0.25, -0.2) is 0 Å². The summed E-state index contributed by atoms with van der Waals surface area (Å²) in [6.45, 7) is 9.90. The molecule has 4 nitrogen and oxygen atoms in total. The Balaban J connectivity index is 0.000000420. The van der Waals surface area contributed by atoms with Gasteiger partial charge in [-0.3, -0.25) is 0 Å². The SMILES string of the molecule is CCCCCCCCCCCCCCCCOCC1CO1.CCCCCCCCCCCCCCCCOCC1CO1. The van der Waals surface area contributed by atoms with Crippen LogP contribution in [0.25, 0.3) is 0 Å². The maximum Gasteiger partial charge on any atom is 0.104 e. The van der Waals surface area contributed by atoms with Crippen molar-refractivity contribution >= 4 is 0 Å². The minimum absolute atomic E-state index is 0.427. The summed E-state index contributed by atoms with van der Waals surface area (Å²) < 4.78 is 21.3. The Kier molecular flexibility index (Phi) is 32.0. The molecule has 0 aliphatic carbocycles. The zero-order valence-electron chi connectivity index (χ0n) is 28.8. The average Bonchev–Trinajstić information content (AvgIpc) is 3.94. The van der Waals surface area contributed by atoms with Gasteiger partial charge in [0.15, 0.2) is 0 Å². The van der Waals surface area contributed by atoms with E-state index in [1.54, 1.807) is 0 Å². The molecule has 2 rings (SSSR count). The zero-order valence-corrected chi connectivity index (χ0v) is 28.8. The fraction of sp³-hybridized carbons (Fsp3) is 1.00. The first-order valence-corrected chi connectivity index (χ1v) is 19.3. The summed E-state index contributed by atoms with van der Waals surface area (Å²) in [5, 5.41) is 0. The molecule has 2 aliphatic heterocycles. The van der Waals surface area contributed by atoms with Crippen LogP contribution in [0.1, 0.15) is 194 Å². The number of rotatable bonds is 34. The smallest absolute Gasteiger partial charge is 0.104 e. The molecule has 2 aliphatic rings. The molecule has 2 fully saturated rings. The summed E-state index contributed by atoms with van der Waals surface area (Å²) in [4.78, 5) is 0. The molecule has 2 saturated heterocycles. The molecule has 0 N–H and O–H groups in total. The minimum Gasteiger partial charge on any atom is -0.379 e. The highest BCUT2D eigenvalue weighted by molar-refractivity contribution is 4.67. The fourth-order valence-corrected chi connectivity index (χ4v) is 5.56. The summed E-state index contributed by atoms with van der Waals surface area (Å²) in [6.07, 6.45) is 40.5.